The van der Waals surface area contributed by atoms with Crippen LogP contribution in [-0.2, 0) is 5.75 Å². The van der Waals surface area contributed by atoms with Crippen molar-refractivity contribution in [1.82, 2.24) is 19.7 Å². The van der Waals surface area contributed by atoms with Gasteiger partial charge in [0.1, 0.15) is 11.4 Å². The SMILES string of the molecule is COc1cccc(CSc2nnc(-c3ccccn3)n2-c2ccc(C)cc2)c1. The summed E-state index contributed by atoms with van der Waals surface area (Å²) in [6, 6.07) is 22.2. The number of aromatic nitrogens is 4. The van der Waals surface area contributed by atoms with Crippen molar-refractivity contribution in [1.29, 1.82) is 0 Å². The standard InChI is InChI=1S/C22H20N4OS/c1-16-9-11-18(12-10-16)26-21(20-8-3-4-13-23-20)24-25-22(26)28-15-17-6-5-7-19(14-17)27-2/h3-14H,15H2,1-2H3. The van der Waals surface area contributed by atoms with Crippen molar-refractivity contribution in [2.75, 3.05) is 7.11 Å². The zero-order chi connectivity index (χ0) is 19.3. The number of nitrogens with zero attached hydrogens (tertiary/aromatic N) is 4. The van der Waals surface area contributed by atoms with Gasteiger partial charge < -0.3 is 4.74 Å². The van der Waals surface area contributed by atoms with E-state index in [-0.39, 0.29) is 0 Å². The molecule has 0 amide bonds. The molecule has 2 aromatic heterocycles. The van der Waals surface area contributed by atoms with Crippen LogP contribution in [0.15, 0.2) is 78.1 Å². The van der Waals surface area contributed by atoms with Crippen LogP contribution in [0.1, 0.15) is 11.1 Å². The fourth-order valence-corrected chi connectivity index (χ4v) is 3.76. The van der Waals surface area contributed by atoms with Gasteiger partial charge in [-0.25, -0.2) is 0 Å². The Kier molecular flexibility index (Phi) is 5.39. The number of rotatable bonds is 6. The first-order valence-electron chi connectivity index (χ1n) is 8.94. The molecule has 0 fully saturated rings. The number of hydrogen-bond acceptors (Lipinski definition) is 5. The predicted molar refractivity (Wildman–Crippen MR) is 112 cm³/mol. The first-order valence-corrected chi connectivity index (χ1v) is 9.93. The van der Waals surface area contributed by atoms with E-state index in [0.29, 0.717) is 0 Å². The monoisotopic (exact) mass is 388 g/mol. The first kappa shape index (κ1) is 18.3. The van der Waals surface area contributed by atoms with E-state index >= 15 is 0 Å². The molecule has 0 atom stereocenters. The second kappa shape index (κ2) is 8.27. The van der Waals surface area contributed by atoms with E-state index in [1.54, 1.807) is 25.1 Å². The van der Waals surface area contributed by atoms with Gasteiger partial charge in [0, 0.05) is 17.6 Å². The van der Waals surface area contributed by atoms with Gasteiger partial charge in [0.2, 0.25) is 0 Å². The Morgan fingerprint density at radius 1 is 0.964 bits per heavy atom. The third-order valence-corrected chi connectivity index (χ3v) is 5.32. The molecule has 0 radical (unpaired) electrons. The second-order valence-corrected chi connectivity index (χ2v) is 7.27. The molecule has 0 bridgehead atoms. The van der Waals surface area contributed by atoms with Crippen molar-refractivity contribution < 1.29 is 4.74 Å². The minimum Gasteiger partial charge on any atom is -0.497 e. The molecule has 6 heteroatoms. The van der Waals surface area contributed by atoms with Gasteiger partial charge in [-0.15, -0.1) is 10.2 Å². The lowest BCUT2D eigenvalue weighted by Gasteiger charge is -2.10. The third kappa shape index (κ3) is 3.92. The van der Waals surface area contributed by atoms with Crippen LogP contribution in [0.2, 0.25) is 0 Å². The van der Waals surface area contributed by atoms with Crippen molar-refractivity contribution in [2.45, 2.75) is 17.8 Å². The lowest BCUT2D eigenvalue weighted by atomic mass is 10.2. The Bertz CT molecular complexity index is 1060. The molecule has 0 saturated carbocycles. The number of thioether (sulfide) groups is 1. The van der Waals surface area contributed by atoms with E-state index in [2.05, 4.69) is 57.0 Å². The molecule has 4 aromatic rings. The van der Waals surface area contributed by atoms with Gasteiger partial charge in [0.15, 0.2) is 11.0 Å². The van der Waals surface area contributed by atoms with Crippen molar-refractivity contribution >= 4 is 11.8 Å². The van der Waals surface area contributed by atoms with Crippen LogP contribution >= 0.6 is 11.8 Å². The van der Waals surface area contributed by atoms with Gasteiger partial charge in [-0.3, -0.25) is 9.55 Å². The van der Waals surface area contributed by atoms with Crippen LogP contribution < -0.4 is 4.74 Å². The summed E-state index contributed by atoms with van der Waals surface area (Å²) >= 11 is 1.64. The van der Waals surface area contributed by atoms with Gasteiger partial charge in [0.05, 0.1) is 7.11 Å². The summed E-state index contributed by atoms with van der Waals surface area (Å²) in [6.07, 6.45) is 1.77. The highest BCUT2D eigenvalue weighted by Crippen LogP contribution is 2.29. The van der Waals surface area contributed by atoms with Crippen LogP contribution in [0.5, 0.6) is 5.75 Å². The smallest absolute Gasteiger partial charge is 0.196 e. The Labute approximate surface area is 168 Å². The molecule has 0 aliphatic carbocycles. The fraction of sp³-hybridized carbons (Fsp3) is 0.136. The summed E-state index contributed by atoms with van der Waals surface area (Å²) in [5, 5.41) is 9.72. The topological polar surface area (TPSA) is 52.8 Å². The molecule has 4 rings (SSSR count). The number of methoxy groups -OCH3 is 1. The highest BCUT2D eigenvalue weighted by molar-refractivity contribution is 7.98. The number of ether oxygens (including phenoxy) is 1. The average Bonchev–Trinajstić information content (AvgIpc) is 3.17. The fourth-order valence-electron chi connectivity index (χ4n) is 2.86. The number of aryl methyl sites for hydroxylation is 1. The number of benzene rings is 2. The van der Waals surface area contributed by atoms with Gasteiger partial charge in [-0.05, 0) is 48.9 Å². The summed E-state index contributed by atoms with van der Waals surface area (Å²) in [4.78, 5) is 4.46. The maximum Gasteiger partial charge on any atom is 0.196 e. The van der Waals surface area contributed by atoms with E-state index in [1.807, 2.05) is 36.4 Å². The average molecular weight is 388 g/mol. The van der Waals surface area contributed by atoms with E-state index < -0.39 is 0 Å². The van der Waals surface area contributed by atoms with E-state index in [0.717, 1.165) is 33.9 Å². The molecule has 2 heterocycles. The largest absolute Gasteiger partial charge is 0.497 e. The minimum atomic E-state index is 0.734. The van der Waals surface area contributed by atoms with Crippen molar-refractivity contribution in [2.24, 2.45) is 0 Å². The van der Waals surface area contributed by atoms with Gasteiger partial charge in [-0.2, -0.15) is 0 Å². The highest BCUT2D eigenvalue weighted by Gasteiger charge is 2.17. The normalized spacial score (nSPS) is 10.8. The molecule has 0 aliphatic heterocycles. The van der Waals surface area contributed by atoms with Crippen LogP contribution in [0.25, 0.3) is 17.2 Å². The van der Waals surface area contributed by atoms with Gasteiger partial charge >= 0.3 is 0 Å². The lowest BCUT2D eigenvalue weighted by Crippen LogP contribution is -2.00. The molecule has 0 aliphatic rings. The molecule has 0 spiro atoms. The second-order valence-electron chi connectivity index (χ2n) is 6.33. The summed E-state index contributed by atoms with van der Waals surface area (Å²) in [5.74, 6) is 2.36. The molecule has 0 unspecified atom stereocenters. The zero-order valence-electron chi connectivity index (χ0n) is 15.7. The summed E-state index contributed by atoms with van der Waals surface area (Å²) < 4.78 is 7.38. The maximum absolute atomic E-state index is 5.32. The molecule has 28 heavy (non-hydrogen) atoms. The van der Waals surface area contributed by atoms with E-state index in [1.165, 1.54) is 11.1 Å². The number of hydrogen-bond donors (Lipinski definition) is 0. The van der Waals surface area contributed by atoms with Gasteiger partial charge in [-0.1, -0.05) is 47.7 Å². The van der Waals surface area contributed by atoms with Crippen molar-refractivity contribution in [3.63, 3.8) is 0 Å². The quantitative estimate of drug-likeness (QED) is 0.438. The summed E-state index contributed by atoms with van der Waals surface area (Å²) in [5.41, 5.74) is 4.19. The maximum atomic E-state index is 5.32. The molecular formula is C22H20N4OS. The molecule has 5 nitrogen and oxygen atoms in total. The van der Waals surface area contributed by atoms with Crippen LogP contribution in [0.4, 0.5) is 0 Å². The lowest BCUT2D eigenvalue weighted by molar-refractivity contribution is 0.414. The predicted octanol–water partition coefficient (Wildman–Crippen LogP) is 4.94. The van der Waals surface area contributed by atoms with Gasteiger partial charge in [0.25, 0.3) is 0 Å². The van der Waals surface area contributed by atoms with E-state index in [4.69, 9.17) is 4.74 Å². The minimum absolute atomic E-state index is 0.734. The molecule has 2 aromatic carbocycles. The Morgan fingerprint density at radius 3 is 2.57 bits per heavy atom. The zero-order valence-corrected chi connectivity index (χ0v) is 16.6. The van der Waals surface area contributed by atoms with Crippen LogP contribution in [0, 0.1) is 6.92 Å². The molecule has 0 saturated heterocycles. The molecule has 140 valence electrons. The van der Waals surface area contributed by atoms with Crippen molar-refractivity contribution in [3.05, 3.63) is 84.1 Å². The Balaban J connectivity index is 1.70. The Morgan fingerprint density at radius 2 is 1.82 bits per heavy atom. The van der Waals surface area contributed by atoms with Crippen LogP contribution in [0.3, 0.4) is 0 Å². The van der Waals surface area contributed by atoms with E-state index in [9.17, 15) is 0 Å². The molecule has 0 N–H and O–H groups in total. The summed E-state index contributed by atoms with van der Waals surface area (Å²) in [7, 11) is 1.68. The van der Waals surface area contributed by atoms with Crippen molar-refractivity contribution in [3.8, 4) is 23.0 Å². The first-order chi connectivity index (χ1) is 13.7. The highest BCUT2D eigenvalue weighted by atomic mass is 32.2. The molecular weight excluding hydrogens is 368 g/mol. The number of pyridine rings is 1. The third-order valence-electron chi connectivity index (χ3n) is 4.32. The Hall–Kier alpha value is -3.12. The van der Waals surface area contributed by atoms with Crippen LogP contribution in [-0.4, -0.2) is 26.9 Å². The summed E-state index contributed by atoms with van der Waals surface area (Å²) in [6.45, 7) is 2.08.